The summed E-state index contributed by atoms with van der Waals surface area (Å²) in [5.74, 6) is 1.31. The zero-order valence-corrected chi connectivity index (χ0v) is 27.8. The largest absolute Gasteiger partial charge is 0.351 e. The minimum absolute atomic E-state index is 0.166. The monoisotopic (exact) mass is 628 g/mol. The van der Waals surface area contributed by atoms with Crippen LogP contribution in [0.25, 0.3) is 20.7 Å². The zero-order valence-electron chi connectivity index (χ0n) is 25.4. The summed E-state index contributed by atoms with van der Waals surface area (Å²) in [6.45, 7) is 13.7. The normalized spacial score (nSPS) is 19.1. The van der Waals surface area contributed by atoms with Crippen molar-refractivity contribution >= 4 is 64.4 Å². The van der Waals surface area contributed by atoms with E-state index in [1.165, 1.54) is 52.2 Å². The second-order valence-electron chi connectivity index (χ2n) is 13.7. The Labute approximate surface area is 255 Å². The third kappa shape index (κ3) is 6.75. The molecule has 0 saturated carbocycles. The Kier molecular flexibility index (Phi) is 8.12. The topological polar surface area (TPSA) is 141 Å². The van der Waals surface area contributed by atoms with Gasteiger partial charge in [0.2, 0.25) is 14.2 Å². The fourth-order valence-electron chi connectivity index (χ4n) is 5.80. The van der Waals surface area contributed by atoms with E-state index in [2.05, 4.69) is 67.9 Å². The molecular weight excluding hydrogens is 589 g/mol. The summed E-state index contributed by atoms with van der Waals surface area (Å²) in [5, 5.41) is 3.04. The summed E-state index contributed by atoms with van der Waals surface area (Å²) in [6.07, 6.45) is 7.57. The lowest BCUT2D eigenvalue weighted by Gasteiger charge is -2.34. The van der Waals surface area contributed by atoms with Gasteiger partial charge in [-0.2, -0.15) is 0 Å². The summed E-state index contributed by atoms with van der Waals surface area (Å²) in [7, 11) is -3.25. The molecule has 0 radical (unpaired) electrons. The Morgan fingerprint density at radius 2 is 1.31 bits per heavy atom. The number of aromatic nitrogens is 4. The van der Waals surface area contributed by atoms with Crippen molar-refractivity contribution in [2.45, 2.75) is 84.4 Å². The molecule has 2 atom stereocenters. The van der Waals surface area contributed by atoms with Crippen LogP contribution in [0.5, 0.6) is 0 Å². The number of urea groups is 1. The quantitative estimate of drug-likeness (QED) is 0.255. The minimum Gasteiger partial charge on any atom is -0.351 e. The van der Waals surface area contributed by atoms with Crippen LogP contribution in [0.15, 0.2) is 16.5 Å². The number of hydrogen-bond acceptors (Lipinski definition) is 9. The van der Waals surface area contributed by atoms with Crippen molar-refractivity contribution in [3.8, 4) is 0 Å². The molecule has 0 spiro atoms. The second-order valence-corrected chi connectivity index (χ2v) is 17.9. The van der Waals surface area contributed by atoms with Crippen LogP contribution < -0.4 is 11.1 Å². The Bertz CT molecular complexity index is 1760. The first-order valence-electron chi connectivity index (χ1n) is 14.3. The van der Waals surface area contributed by atoms with Gasteiger partial charge in [0.25, 0.3) is 0 Å². The summed E-state index contributed by atoms with van der Waals surface area (Å²) < 4.78 is 23.4. The molecule has 9 nitrogen and oxygen atoms in total. The number of pyridine rings is 2. The molecule has 4 heterocycles. The first-order chi connectivity index (χ1) is 19.5. The molecule has 3 N–H and O–H groups in total. The molecule has 0 bridgehead atoms. The molecule has 42 heavy (non-hydrogen) atoms. The molecular formula is C30H40N6O3S3. The molecule has 2 unspecified atom stereocenters. The van der Waals surface area contributed by atoms with Crippen molar-refractivity contribution < 1.29 is 13.2 Å². The first-order valence-corrected chi connectivity index (χ1v) is 17.8. The van der Waals surface area contributed by atoms with Crippen LogP contribution in [0.4, 0.5) is 9.93 Å². The highest BCUT2D eigenvalue weighted by molar-refractivity contribution is 7.92. The van der Waals surface area contributed by atoms with E-state index in [1.807, 2.05) is 6.07 Å². The van der Waals surface area contributed by atoms with Gasteiger partial charge in [0, 0.05) is 17.6 Å². The first kappa shape index (κ1) is 30.7. The molecule has 2 amide bonds. The number of nitrogens with zero attached hydrogens (tertiary/aromatic N) is 4. The lowest BCUT2D eigenvalue weighted by molar-refractivity contribution is 0.215. The maximum Gasteiger partial charge on any atom is 0.318 e. The Hall–Kier alpha value is -2.70. The van der Waals surface area contributed by atoms with Gasteiger partial charge in [0.1, 0.15) is 20.7 Å². The standard InChI is InChI=1S/C15H20N4OS.C15H20N2O2S2/c1-15(2,3)9-4-5-10-8(6-9)7-11-12(17-10)21-14(18-11)19-13(16)20;1-15(2,3)10-5-6-11-9(7-10)8-12-13(16-11)20-14(17-12)21(4,18)19/h7,9H,4-6H2,1-3H3,(H3,16,18,19,20);8,10H,5-7H2,1-4H3. The van der Waals surface area contributed by atoms with Crippen molar-refractivity contribution in [2.24, 2.45) is 28.4 Å². The van der Waals surface area contributed by atoms with Crippen molar-refractivity contribution in [3.63, 3.8) is 0 Å². The van der Waals surface area contributed by atoms with Crippen LogP contribution in [0.2, 0.25) is 0 Å². The van der Waals surface area contributed by atoms with Crippen LogP contribution >= 0.6 is 22.7 Å². The van der Waals surface area contributed by atoms with Crippen LogP contribution in [-0.4, -0.2) is 40.6 Å². The molecule has 0 aromatic carbocycles. The van der Waals surface area contributed by atoms with E-state index >= 15 is 0 Å². The second kappa shape index (κ2) is 11.1. The number of nitrogens with one attached hydrogen (secondary N) is 1. The number of fused-ring (bicyclic) bond motifs is 4. The van der Waals surface area contributed by atoms with E-state index in [-0.39, 0.29) is 9.75 Å². The van der Waals surface area contributed by atoms with Crippen LogP contribution in [-0.2, 0) is 35.5 Å². The number of amides is 2. The Morgan fingerprint density at radius 1 is 0.833 bits per heavy atom. The summed E-state index contributed by atoms with van der Waals surface area (Å²) >= 11 is 2.54. The lowest BCUT2D eigenvalue weighted by Crippen LogP contribution is -2.27. The molecule has 0 saturated heterocycles. The van der Waals surface area contributed by atoms with E-state index in [9.17, 15) is 13.2 Å². The summed E-state index contributed by atoms with van der Waals surface area (Å²) in [4.78, 5) is 30.5. The maximum absolute atomic E-state index is 11.6. The minimum atomic E-state index is -3.25. The third-order valence-corrected chi connectivity index (χ3v) is 12.0. The van der Waals surface area contributed by atoms with Crippen LogP contribution in [0.1, 0.15) is 76.9 Å². The number of nitrogens with two attached hydrogens (primary N) is 1. The fourth-order valence-corrected chi connectivity index (χ4v) is 8.43. The van der Waals surface area contributed by atoms with Crippen molar-refractivity contribution in [1.29, 1.82) is 0 Å². The van der Waals surface area contributed by atoms with Gasteiger partial charge < -0.3 is 5.73 Å². The number of carbonyl (C=O) groups is 1. The van der Waals surface area contributed by atoms with Gasteiger partial charge in [-0.25, -0.2) is 33.1 Å². The molecule has 12 heteroatoms. The highest BCUT2D eigenvalue weighted by Crippen LogP contribution is 2.39. The Balaban J connectivity index is 0.000000168. The number of primary amides is 1. The molecule has 226 valence electrons. The molecule has 6 rings (SSSR count). The van der Waals surface area contributed by atoms with E-state index < -0.39 is 15.9 Å². The molecule has 2 aliphatic carbocycles. The van der Waals surface area contributed by atoms with E-state index in [1.54, 1.807) is 0 Å². The van der Waals surface area contributed by atoms with Gasteiger partial charge in [-0.3, -0.25) is 5.32 Å². The Morgan fingerprint density at radius 3 is 1.76 bits per heavy atom. The van der Waals surface area contributed by atoms with Crippen LogP contribution in [0.3, 0.4) is 0 Å². The predicted molar refractivity (Wildman–Crippen MR) is 171 cm³/mol. The summed E-state index contributed by atoms with van der Waals surface area (Å²) in [5.41, 5.74) is 12.1. The third-order valence-electron chi connectivity index (χ3n) is 8.47. The number of sulfone groups is 1. The predicted octanol–water partition coefficient (Wildman–Crippen LogP) is 6.58. The van der Waals surface area contributed by atoms with E-state index in [0.29, 0.717) is 27.9 Å². The van der Waals surface area contributed by atoms with Gasteiger partial charge in [-0.05, 0) is 84.5 Å². The van der Waals surface area contributed by atoms with Crippen molar-refractivity contribution in [1.82, 2.24) is 19.9 Å². The average molecular weight is 629 g/mol. The number of hydrogen-bond donors (Lipinski definition) is 2. The number of anilines is 1. The number of rotatable bonds is 2. The van der Waals surface area contributed by atoms with E-state index in [4.69, 9.17) is 10.7 Å². The SMILES string of the molecule is CC(C)(C)C1CCc2nc3sc(NC(N)=O)nc3cc2C1.CC(C)(C)C1CCc2nc3sc(S(C)(=O)=O)nc3cc2C1. The molecule has 0 aliphatic heterocycles. The maximum atomic E-state index is 11.6. The zero-order chi connectivity index (χ0) is 30.6. The van der Waals surface area contributed by atoms with Crippen molar-refractivity contribution in [3.05, 3.63) is 34.6 Å². The van der Waals surface area contributed by atoms with Gasteiger partial charge in [-0.15, -0.1) is 0 Å². The molecule has 4 aromatic heterocycles. The average Bonchev–Trinajstić information content (AvgIpc) is 3.46. The molecule has 2 aliphatic rings. The van der Waals surface area contributed by atoms with Crippen LogP contribution in [0, 0.1) is 22.7 Å². The number of carbonyl (C=O) groups excluding carboxylic acids is 1. The van der Waals surface area contributed by atoms with Gasteiger partial charge >= 0.3 is 6.03 Å². The lowest BCUT2D eigenvalue weighted by atomic mass is 9.71. The molecule has 4 aromatic rings. The number of aryl methyl sites for hydroxylation is 2. The van der Waals surface area contributed by atoms with Crippen molar-refractivity contribution in [2.75, 3.05) is 11.6 Å². The van der Waals surface area contributed by atoms with Gasteiger partial charge in [0.05, 0.1) is 0 Å². The highest BCUT2D eigenvalue weighted by Gasteiger charge is 2.31. The number of thiazole rings is 2. The highest BCUT2D eigenvalue weighted by atomic mass is 32.2. The summed E-state index contributed by atoms with van der Waals surface area (Å²) in [6, 6.07) is 3.57. The fraction of sp³-hybridized carbons (Fsp3) is 0.567. The van der Waals surface area contributed by atoms with Gasteiger partial charge in [0.15, 0.2) is 5.13 Å². The molecule has 0 fully saturated rings. The smallest absolute Gasteiger partial charge is 0.318 e. The van der Waals surface area contributed by atoms with E-state index in [0.717, 1.165) is 53.0 Å². The van der Waals surface area contributed by atoms with Gasteiger partial charge in [-0.1, -0.05) is 64.2 Å².